The summed E-state index contributed by atoms with van der Waals surface area (Å²) in [6, 6.07) is 7.79. The molecule has 0 amide bonds. The first-order valence-corrected chi connectivity index (χ1v) is 7.15. The summed E-state index contributed by atoms with van der Waals surface area (Å²) in [5.41, 5.74) is -0.219. The van der Waals surface area contributed by atoms with Gasteiger partial charge in [0.15, 0.2) is 0 Å². The molecule has 2 aromatic carbocycles. The maximum Gasteiger partial charge on any atom is 0.416 e. The molecule has 8 heteroatoms. The summed E-state index contributed by atoms with van der Waals surface area (Å²) in [5, 5.41) is 13.8. The number of nitrogens with one attached hydrogen (secondary N) is 1. The van der Waals surface area contributed by atoms with E-state index in [1.165, 1.54) is 0 Å². The van der Waals surface area contributed by atoms with Crippen molar-refractivity contribution in [3.05, 3.63) is 61.2 Å². The number of anilines is 2. The highest BCUT2D eigenvalue weighted by Gasteiger charge is 2.33. The molecule has 116 valence electrons. The van der Waals surface area contributed by atoms with Crippen molar-refractivity contribution in [3.63, 3.8) is 0 Å². The van der Waals surface area contributed by atoms with Crippen molar-refractivity contribution in [2.24, 2.45) is 0 Å². The molecule has 0 aliphatic heterocycles. The Labute approximate surface area is 137 Å². The molecule has 1 N–H and O–H groups in total. The minimum Gasteiger partial charge on any atom is -0.350 e. The molecule has 0 radical (unpaired) electrons. The molecule has 0 saturated heterocycles. The van der Waals surface area contributed by atoms with E-state index in [9.17, 15) is 23.3 Å². The van der Waals surface area contributed by atoms with Crippen LogP contribution in [0.15, 0.2) is 36.4 Å². The standard InChI is InChI=1S/C14H10F3IN2O2/c1-8-6-10(18)3-5-11(8)19-12-4-2-9(14(15,16)17)7-13(12)20(21)22/h2-7,19H,1H3. The SMILES string of the molecule is Cc1cc(I)ccc1Nc1ccc(C(F)(F)F)cc1[N+](=O)[O-]. The van der Waals surface area contributed by atoms with Gasteiger partial charge in [-0.2, -0.15) is 13.2 Å². The lowest BCUT2D eigenvalue weighted by Gasteiger charge is -2.12. The van der Waals surface area contributed by atoms with Crippen LogP contribution >= 0.6 is 22.6 Å². The lowest BCUT2D eigenvalue weighted by molar-refractivity contribution is -0.384. The van der Waals surface area contributed by atoms with Crippen molar-refractivity contribution < 1.29 is 18.1 Å². The van der Waals surface area contributed by atoms with Gasteiger partial charge in [0, 0.05) is 15.3 Å². The van der Waals surface area contributed by atoms with Crippen LogP contribution in [-0.4, -0.2) is 4.92 Å². The molecular formula is C14H10F3IN2O2. The van der Waals surface area contributed by atoms with Gasteiger partial charge < -0.3 is 5.32 Å². The van der Waals surface area contributed by atoms with Crippen LogP contribution in [0, 0.1) is 20.6 Å². The van der Waals surface area contributed by atoms with Crippen molar-refractivity contribution in [1.82, 2.24) is 0 Å². The summed E-state index contributed by atoms with van der Waals surface area (Å²) in [6.07, 6.45) is -4.62. The minimum absolute atomic E-state index is 0.0160. The molecule has 2 aromatic rings. The molecule has 0 atom stereocenters. The number of aryl methyl sites for hydroxylation is 1. The average molecular weight is 422 g/mol. The molecule has 0 aliphatic rings. The molecule has 0 spiro atoms. The predicted octanol–water partition coefficient (Wildman–Crippen LogP) is 5.27. The summed E-state index contributed by atoms with van der Waals surface area (Å²) >= 11 is 2.12. The Morgan fingerprint density at radius 3 is 2.32 bits per heavy atom. The van der Waals surface area contributed by atoms with Crippen molar-refractivity contribution in [3.8, 4) is 0 Å². The van der Waals surface area contributed by atoms with E-state index in [1.807, 2.05) is 6.07 Å². The van der Waals surface area contributed by atoms with E-state index in [4.69, 9.17) is 0 Å². The lowest BCUT2D eigenvalue weighted by Crippen LogP contribution is -2.07. The summed E-state index contributed by atoms with van der Waals surface area (Å²) in [7, 11) is 0. The topological polar surface area (TPSA) is 55.2 Å². The van der Waals surface area contributed by atoms with E-state index in [0.29, 0.717) is 11.8 Å². The highest BCUT2D eigenvalue weighted by Crippen LogP contribution is 2.36. The highest BCUT2D eigenvalue weighted by molar-refractivity contribution is 14.1. The zero-order valence-corrected chi connectivity index (χ0v) is 13.4. The largest absolute Gasteiger partial charge is 0.416 e. The van der Waals surface area contributed by atoms with Crippen LogP contribution in [0.5, 0.6) is 0 Å². The first-order valence-electron chi connectivity index (χ1n) is 6.07. The molecule has 2 rings (SSSR count). The normalized spacial score (nSPS) is 11.3. The lowest BCUT2D eigenvalue weighted by atomic mass is 10.1. The fraction of sp³-hybridized carbons (Fsp3) is 0.143. The molecule has 0 saturated carbocycles. The number of hydrogen-bond donors (Lipinski definition) is 1. The third kappa shape index (κ3) is 3.67. The van der Waals surface area contributed by atoms with Gasteiger partial charge in [0.2, 0.25) is 0 Å². The Kier molecular flexibility index (Phi) is 4.59. The quantitative estimate of drug-likeness (QED) is 0.417. The molecule has 0 aliphatic carbocycles. The van der Waals surface area contributed by atoms with Gasteiger partial charge in [-0.1, -0.05) is 0 Å². The second-order valence-corrected chi connectivity index (χ2v) is 5.82. The highest BCUT2D eigenvalue weighted by atomic mass is 127. The van der Waals surface area contributed by atoms with Gasteiger partial charge in [-0.05, 0) is 65.4 Å². The molecule has 0 aromatic heterocycles. The third-order valence-corrected chi connectivity index (χ3v) is 3.65. The molecule has 0 heterocycles. The van der Waals surface area contributed by atoms with Crippen molar-refractivity contribution in [2.75, 3.05) is 5.32 Å². The first kappa shape index (κ1) is 16.5. The van der Waals surface area contributed by atoms with E-state index >= 15 is 0 Å². The van der Waals surface area contributed by atoms with E-state index in [-0.39, 0.29) is 5.69 Å². The zero-order chi connectivity index (χ0) is 16.5. The Bertz CT molecular complexity index is 733. The van der Waals surface area contributed by atoms with Crippen LogP contribution in [0.2, 0.25) is 0 Å². The molecule has 4 nitrogen and oxygen atoms in total. The van der Waals surface area contributed by atoms with E-state index in [1.54, 1.807) is 19.1 Å². The maximum atomic E-state index is 12.7. The van der Waals surface area contributed by atoms with Gasteiger partial charge in [0.05, 0.1) is 10.5 Å². The monoisotopic (exact) mass is 422 g/mol. The van der Waals surface area contributed by atoms with Crippen LogP contribution in [0.1, 0.15) is 11.1 Å². The zero-order valence-electron chi connectivity index (χ0n) is 11.2. The second-order valence-electron chi connectivity index (χ2n) is 4.57. The summed E-state index contributed by atoms with van der Waals surface area (Å²) in [5.74, 6) is 0. The van der Waals surface area contributed by atoms with Crippen molar-refractivity contribution >= 4 is 39.7 Å². The number of rotatable bonds is 3. The number of nitro groups is 1. The molecule has 0 bridgehead atoms. The Morgan fingerprint density at radius 2 is 1.77 bits per heavy atom. The van der Waals surface area contributed by atoms with Gasteiger partial charge >= 0.3 is 6.18 Å². The average Bonchev–Trinajstić information content (AvgIpc) is 2.40. The predicted molar refractivity (Wildman–Crippen MR) is 85.3 cm³/mol. The summed E-state index contributed by atoms with van der Waals surface area (Å²) < 4.78 is 39.0. The summed E-state index contributed by atoms with van der Waals surface area (Å²) in [6.45, 7) is 1.81. The summed E-state index contributed by atoms with van der Waals surface area (Å²) in [4.78, 5) is 10.2. The number of halogens is 4. The Hall–Kier alpha value is -1.84. The number of nitrogens with zero attached hydrogens (tertiary/aromatic N) is 1. The van der Waals surface area contributed by atoms with Gasteiger partial charge in [-0.3, -0.25) is 10.1 Å². The number of hydrogen-bond acceptors (Lipinski definition) is 3. The molecular weight excluding hydrogens is 412 g/mol. The molecule has 0 fully saturated rings. The van der Waals surface area contributed by atoms with E-state index in [0.717, 1.165) is 21.3 Å². The second kappa shape index (κ2) is 6.11. The van der Waals surface area contributed by atoms with Gasteiger partial charge in [0.1, 0.15) is 5.69 Å². The van der Waals surface area contributed by atoms with Crippen LogP contribution in [0.25, 0.3) is 0 Å². The first-order chi connectivity index (χ1) is 10.2. The fourth-order valence-corrected chi connectivity index (χ4v) is 2.52. The molecule has 0 unspecified atom stereocenters. The van der Waals surface area contributed by atoms with Gasteiger partial charge in [-0.25, -0.2) is 0 Å². The number of alkyl halides is 3. The molecule has 22 heavy (non-hydrogen) atoms. The van der Waals surface area contributed by atoms with Crippen molar-refractivity contribution in [1.29, 1.82) is 0 Å². The number of benzene rings is 2. The maximum absolute atomic E-state index is 12.7. The Balaban J connectivity index is 2.44. The van der Waals surface area contributed by atoms with E-state index in [2.05, 4.69) is 27.9 Å². The van der Waals surface area contributed by atoms with Crippen LogP contribution in [0.3, 0.4) is 0 Å². The van der Waals surface area contributed by atoms with Crippen LogP contribution in [0.4, 0.5) is 30.2 Å². The Morgan fingerprint density at radius 1 is 1.14 bits per heavy atom. The smallest absolute Gasteiger partial charge is 0.350 e. The third-order valence-electron chi connectivity index (χ3n) is 2.98. The van der Waals surface area contributed by atoms with Gasteiger partial charge in [0.25, 0.3) is 5.69 Å². The van der Waals surface area contributed by atoms with Crippen molar-refractivity contribution in [2.45, 2.75) is 13.1 Å². The fourth-order valence-electron chi connectivity index (χ4n) is 1.88. The van der Waals surface area contributed by atoms with E-state index < -0.39 is 22.4 Å². The minimum atomic E-state index is -4.62. The van der Waals surface area contributed by atoms with Crippen LogP contribution < -0.4 is 5.32 Å². The van der Waals surface area contributed by atoms with Crippen LogP contribution in [-0.2, 0) is 6.18 Å². The number of nitro benzene ring substituents is 1. The van der Waals surface area contributed by atoms with Gasteiger partial charge in [-0.15, -0.1) is 0 Å².